The molecular weight excluding hydrogens is 517 g/mol. The third-order valence-corrected chi connectivity index (χ3v) is 5.88. The van der Waals surface area contributed by atoms with E-state index in [-0.39, 0.29) is 0 Å². The molecule has 4 rings (SSSR count). The van der Waals surface area contributed by atoms with Gasteiger partial charge in [0.25, 0.3) is 0 Å². The van der Waals surface area contributed by atoms with Crippen molar-refractivity contribution in [3.8, 4) is 21.8 Å². The first-order valence-corrected chi connectivity index (χ1v) is 12.7. The summed E-state index contributed by atoms with van der Waals surface area (Å²) in [6, 6.07) is 15.8. The van der Waals surface area contributed by atoms with Crippen LogP contribution in [-0.2, 0) is 0 Å². The number of thiophene rings is 1. The number of fused-ring (bicyclic) bond motifs is 2. The van der Waals surface area contributed by atoms with E-state index in [0.717, 1.165) is 43.8 Å². The van der Waals surface area contributed by atoms with E-state index in [1.54, 1.807) is 6.07 Å². The first-order valence-electron chi connectivity index (χ1n) is 9.88. The maximum absolute atomic E-state index is 11.4. The number of benzene rings is 2. The second kappa shape index (κ2) is 8.23. The molecule has 0 amide bonds. The van der Waals surface area contributed by atoms with Crippen LogP contribution in [0.15, 0.2) is 52.9 Å². The van der Waals surface area contributed by atoms with E-state index in [0.29, 0.717) is 4.88 Å². The average Bonchev–Trinajstić information content (AvgIpc) is 3.18. The zero-order chi connectivity index (χ0) is 26.4. The zero-order valence-corrected chi connectivity index (χ0v) is 20.6. The number of halogens is 6. The van der Waals surface area contributed by atoms with Crippen molar-refractivity contribution in [1.82, 2.24) is 4.58 Å². The number of nitrogens with zero attached hydrogens (tertiary/aromatic N) is 2. The molecular formula is C22H21F6N2O3PS. The van der Waals surface area contributed by atoms with Crippen LogP contribution in [0.1, 0.15) is 9.67 Å². The summed E-state index contributed by atoms with van der Waals surface area (Å²) < 4.78 is 67.5. The molecule has 13 heteroatoms. The quantitative estimate of drug-likeness (QED) is 0.127. The van der Waals surface area contributed by atoms with E-state index in [1.165, 1.54) is 11.3 Å². The molecule has 1 aromatic carbocycles. The van der Waals surface area contributed by atoms with Gasteiger partial charge in [-0.05, 0) is 30.3 Å². The van der Waals surface area contributed by atoms with E-state index in [2.05, 4.69) is 0 Å². The molecule has 2 heterocycles. The van der Waals surface area contributed by atoms with Crippen LogP contribution in [0, 0.1) is 0 Å². The molecule has 0 saturated carbocycles. The summed E-state index contributed by atoms with van der Waals surface area (Å²) in [6.07, 6.45) is 0. The van der Waals surface area contributed by atoms with Gasteiger partial charge in [0, 0.05) is 53.3 Å². The average molecular weight is 538 g/mol. The summed E-state index contributed by atoms with van der Waals surface area (Å²) in [7, 11) is -2.69. The van der Waals surface area contributed by atoms with E-state index in [4.69, 9.17) is 4.42 Å². The topological polar surface area (TPSA) is 56.7 Å². The van der Waals surface area contributed by atoms with Gasteiger partial charge in [0.05, 0.1) is 6.07 Å². The van der Waals surface area contributed by atoms with Crippen molar-refractivity contribution in [2.24, 2.45) is 0 Å². The molecule has 2 aromatic rings. The Morgan fingerprint density at radius 1 is 0.971 bits per heavy atom. The van der Waals surface area contributed by atoms with Crippen molar-refractivity contribution >= 4 is 41.8 Å². The van der Waals surface area contributed by atoms with Crippen LogP contribution < -0.4 is 14.8 Å². The van der Waals surface area contributed by atoms with E-state index < -0.39 is 13.8 Å². The molecule has 0 radical (unpaired) electrons. The number of carbonyl (C=O) groups is 1. The van der Waals surface area contributed by atoms with Crippen molar-refractivity contribution in [2.75, 3.05) is 33.1 Å². The maximum atomic E-state index is 11.4. The monoisotopic (exact) mass is 538 g/mol. The zero-order valence-electron chi connectivity index (χ0n) is 18.9. The molecule has 1 aliphatic carbocycles. The van der Waals surface area contributed by atoms with Crippen LogP contribution in [0.2, 0.25) is 0 Å². The number of carboxylic acids is 1. The number of aromatic carboxylic acids is 1. The minimum atomic E-state index is -10.7. The molecule has 0 bridgehead atoms. The van der Waals surface area contributed by atoms with Crippen molar-refractivity contribution in [3.05, 3.63) is 58.8 Å². The third-order valence-electron chi connectivity index (χ3n) is 4.78. The van der Waals surface area contributed by atoms with Crippen molar-refractivity contribution in [1.29, 1.82) is 0 Å². The molecule has 1 aliphatic heterocycles. The molecule has 0 spiro atoms. The number of rotatable bonds is 3. The Morgan fingerprint density at radius 3 is 2.11 bits per heavy atom. The van der Waals surface area contributed by atoms with Gasteiger partial charge in [-0.3, -0.25) is 0 Å². The summed E-state index contributed by atoms with van der Waals surface area (Å²) in [5.41, 5.74) is 3.79. The predicted octanol–water partition coefficient (Wildman–Crippen LogP) is 7.44. The summed E-state index contributed by atoms with van der Waals surface area (Å²) in [5, 5.41) is 11.4. The number of hydrogen-bond acceptors (Lipinski definition) is 4. The van der Waals surface area contributed by atoms with Gasteiger partial charge in [-0.1, -0.05) is 0 Å². The molecule has 0 unspecified atom stereocenters. The van der Waals surface area contributed by atoms with Crippen molar-refractivity contribution in [3.63, 3.8) is 0 Å². The molecule has 1 N–H and O–H groups in total. The Balaban J connectivity index is 0.000000429. The summed E-state index contributed by atoms with van der Waals surface area (Å²) in [6.45, 7) is 0. The molecule has 0 fully saturated rings. The Hall–Kier alpha value is -3.11. The molecule has 190 valence electrons. The molecule has 35 heavy (non-hydrogen) atoms. The van der Waals surface area contributed by atoms with E-state index in [1.807, 2.05) is 80.1 Å². The second-order valence-electron chi connectivity index (χ2n) is 8.05. The van der Waals surface area contributed by atoms with Crippen molar-refractivity contribution in [2.45, 2.75) is 0 Å². The van der Waals surface area contributed by atoms with Gasteiger partial charge in [-0.25, -0.2) is 9.37 Å². The van der Waals surface area contributed by atoms with Gasteiger partial charge in [-0.15, -0.1) is 11.3 Å². The molecule has 0 atom stereocenters. The van der Waals surface area contributed by atoms with Crippen molar-refractivity contribution < 1.29 is 39.5 Å². The van der Waals surface area contributed by atoms with Gasteiger partial charge in [-0.2, -0.15) is 0 Å². The molecule has 2 aliphatic rings. The normalized spacial score (nSPS) is 13.5. The Morgan fingerprint density at radius 2 is 1.60 bits per heavy atom. The summed E-state index contributed by atoms with van der Waals surface area (Å²) in [4.78, 5) is 14.7. The molecule has 1 aromatic heterocycles. The number of anilines is 1. The molecule has 5 nitrogen and oxygen atoms in total. The first-order chi connectivity index (χ1) is 15.8. The van der Waals surface area contributed by atoms with Gasteiger partial charge in [0.15, 0.2) is 0 Å². The van der Waals surface area contributed by atoms with Crippen LogP contribution in [0.3, 0.4) is 0 Å². The fourth-order valence-corrected chi connectivity index (χ4v) is 4.19. The van der Waals surface area contributed by atoms with Crippen LogP contribution in [0.4, 0.5) is 30.9 Å². The minimum absolute atomic E-state index is 0.326. The van der Waals surface area contributed by atoms with Gasteiger partial charge < -0.3 is 14.4 Å². The Kier molecular flexibility index (Phi) is 6.23. The third kappa shape index (κ3) is 7.19. The van der Waals surface area contributed by atoms with Gasteiger partial charge >= 0.3 is 39.0 Å². The van der Waals surface area contributed by atoms with E-state index >= 15 is 0 Å². The van der Waals surface area contributed by atoms with E-state index in [9.17, 15) is 35.1 Å². The predicted molar refractivity (Wildman–Crippen MR) is 128 cm³/mol. The number of hydrogen-bond donors (Lipinski definition) is 1. The van der Waals surface area contributed by atoms with Crippen LogP contribution >= 0.6 is 19.1 Å². The van der Waals surface area contributed by atoms with Crippen LogP contribution in [-0.4, -0.2) is 39.3 Å². The standard InChI is InChI=1S/C22H20N2O3S.F6P/c1-23(2)13-5-7-15-17(11-13)27-18-12-14(24(3)4)6-8-16(18)21(15)19-9-10-20(28-19)22(25)26;1-7(2,3,4,5)6/h5-12H,1-4H3;/q;-1/p+1. The molecule has 0 saturated heterocycles. The van der Waals surface area contributed by atoms with Crippen LogP contribution in [0.25, 0.3) is 32.7 Å². The number of carboxylic acid groups (broad SMARTS) is 1. The van der Waals surface area contributed by atoms with Gasteiger partial charge in [0.2, 0.25) is 5.36 Å². The Bertz CT molecular complexity index is 1460. The fraction of sp³-hybridized carbons (Fsp3) is 0.182. The Labute approximate surface area is 199 Å². The second-order valence-corrected chi connectivity index (χ2v) is 11.1. The summed E-state index contributed by atoms with van der Waals surface area (Å²) in [5.74, 6) is -0.134. The fourth-order valence-electron chi connectivity index (χ4n) is 3.28. The van der Waals surface area contributed by atoms with Crippen LogP contribution in [0.5, 0.6) is 0 Å². The summed E-state index contributed by atoms with van der Waals surface area (Å²) >= 11 is 1.28. The SMILES string of the molecule is CN(C)c1ccc2c(-c3ccc(C(=O)O)s3)c3ccc(=[N+](C)C)cc-3oc2c1.F[P-](F)(F)(F)(F)F. The van der Waals surface area contributed by atoms with Gasteiger partial charge in [0.1, 0.15) is 30.3 Å². The first kappa shape index (κ1) is 26.5.